The SMILES string of the molecule is CCCCC/C(C)=C(\c1nc(C(=O)OCC)c(C)o1)S(=O)(=O)c1ccccc1. The van der Waals surface area contributed by atoms with Crippen LogP contribution in [0.15, 0.2) is 45.2 Å². The summed E-state index contributed by atoms with van der Waals surface area (Å²) in [5.74, 6) is -0.468. The summed E-state index contributed by atoms with van der Waals surface area (Å²) in [5, 5.41) is 0. The maximum absolute atomic E-state index is 13.3. The summed E-state index contributed by atoms with van der Waals surface area (Å²) in [7, 11) is -3.86. The number of ether oxygens (including phenoxy) is 1. The number of aryl methyl sites for hydroxylation is 1. The minimum Gasteiger partial charge on any atom is -0.461 e. The lowest BCUT2D eigenvalue weighted by Crippen LogP contribution is -2.09. The van der Waals surface area contributed by atoms with E-state index in [1.807, 2.05) is 0 Å². The molecule has 0 aliphatic heterocycles. The largest absolute Gasteiger partial charge is 0.461 e. The van der Waals surface area contributed by atoms with Gasteiger partial charge in [-0.25, -0.2) is 18.2 Å². The van der Waals surface area contributed by atoms with Crippen LogP contribution < -0.4 is 0 Å². The minimum absolute atomic E-state index is 0.000954. The van der Waals surface area contributed by atoms with E-state index < -0.39 is 15.8 Å². The Morgan fingerprint density at radius 3 is 2.43 bits per heavy atom. The molecule has 0 aliphatic rings. The molecule has 0 radical (unpaired) electrons. The van der Waals surface area contributed by atoms with Gasteiger partial charge in [-0.2, -0.15) is 0 Å². The van der Waals surface area contributed by atoms with Gasteiger partial charge >= 0.3 is 5.97 Å². The summed E-state index contributed by atoms with van der Waals surface area (Å²) < 4.78 is 37.3. The maximum Gasteiger partial charge on any atom is 0.360 e. The Morgan fingerprint density at radius 2 is 1.82 bits per heavy atom. The van der Waals surface area contributed by atoms with E-state index in [0.717, 1.165) is 19.3 Å². The monoisotopic (exact) mass is 405 g/mol. The second-order valence-corrected chi connectivity index (χ2v) is 8.41. The summed E-state index contributed by atoms with van der Waals surface area (Å²) in [6.07, 6.45) is 3.49. The van der Waals surface area contributed by atoms with Crippen LogP contribution in [0.2, 0.25) is 0 Å². The van der Waals surface area contributed by atoms with Gasteiger partial charge in [0.05, 0.1) is 11.5 Å². The average Bonchev–Trinajstić information content (AvgIpc) is 3.04. The molecule has 2 rings (SSSR count). The van der Waals surface area contributed by atoms with E-state index in [0.29, 0.717) is 12.0 Å². The standard InChI is InChI=1S/C21H27NO5S/c1-5-7-9-12-15(3)19(28(24,25)17-13-10-8-11-14-17)20-22-18(16(4)27-20)21(23)26-6-2/h8,10-11,13-14H,5-7,9,12H2,1-4H3/b19-15+. The number of hydrogen-bond acceptors (Lipinski definition) is 6. The Bertz CT molecular complexity index is 942. The molecule has 0 saturated carbocycles. The zero-order chi connectivity index (χ0) is 20.7. The molecule has 0 unspecified atom stereocenters. The summed E-state index contributed by atoms with van der Waals surface area (Å²) in [6, 6.07) is 8.17. The number of sulfone groups is 1. The van der Waals surface area contributed by atoms with Crippen molar-refractivity contribution in [2.75, 3.05) is 6.61 Å². The highest BCUT2D eigenvalue weighted by molar-refractivity contribution is 8.00. The van der Waals surface area contributed by atoms with Gasteiger partial charge in [0.1, 0.15) is 10.7 Å². The molecule has 0 atom stereocenters. The Labute approximate surface area is 166 Å². The van der Waals surface area contributed by atoms with Crippen molar-refractivity contribution >= 4 is 20.7 Å². The van der Waals surface area contributed by atoms with Gasteiger partial charge in [-0.05, 0) is 51.3 Å². The summed E-state index contributed by atoms with van der Waals surface area (Å²) in [5.41, 5.74) is 0.660. The molecule has 1 aromatic heterocycles. The van der Waals surface area contributed by atoms with Crippen molar-refractivity contribution < 1.29 is 22.4 Å². The highest BCUT2D eigenvalue weighted by atomic mass is 32.2. The van der Waals surface area contributed by atoms with Crippen LogP contribution in [0, 0.1) is 6.92 Å². The third-order valence-electron chi connectivity index (χ3n) is 4.32. The molecular formula is C21H27NO5S. The average molecular weight is 406 g/mol. The van der Waals surface area contributed by atoms with E-state index in [-0.39, 0.29) is 33.8 Å². The van der Waals surface area contributed by atoms with E-state index in [1.54, 1.807) is 39.0 Å². The van der Waals surface area contributed by atoms with Gasteiger partial charge in [0.25, 0.3) is 0 Å². The normalized spacial score (nSPS) is 12.6. The number of hydrogen-bond donors (Lipinski definition) is 0. The van der Waals surface area contributed by atoms with Crippen LogP contribution in [-0.4, -0.2) is 26.0 Å². The number of carbonyl (C=O) groups excluding carboxylic acids is 1. The highest BCUT2D eigenvalue weighted by Crippen LogP contribution is 2.33. The fraction of sp³-hybridized carbons (Fsp3) is 0.429. The van der Waals surface area contributed by atoms with Gasteiger partial charge in [0, 0.05) is 0 Å². The molecular weight excluding hydrogens is 378 g/mol. The van der Waals surface area contributed by atoms with Crippen molar-refractivity contribution in [1.82, 2.24) is 4.98 Å². The van der Waals surface area contributed by atoms with Gasteiger partial charge in [-0.15, -0.1) is 0 Å². The van der Waals surface area contributed by atoms with Crippen LogP contribution in [-0.2, 0) is 14.6 Å². The smallest absolute Gasteiger partial charge is 0.360 e. The first-order chi connectivity index (χ1) is 13.3. The number of esters is 1. The topological polar surface area (TPSA) is 86.5 Å². The van der Waals surface area contributed by atoms with Crippen LogP contribution in [0.4, 0.5) is 0 Å². The first-order valence-electron chi connectivity index (χ1n) is 9.47. The van der Waals surface area contributed by atoms with Crippen molar-refractivity contribution in [3.63, 3.8) is 0 Å². The van der Waals surface area contributed by atoms with Gasteiger partial charge in [0.15, 0.2) is 5.69 Å². The van der Waals surface area contributed by atoms with E-state index in [9.17, 15) is 13.2 Å². The lowest BCUT2D eigenvalue weighted by molar-refractivity contribution is 0.0518. The molecule has 1 heterocycles. The number of benzene rings is 1. The zero-order valence-electron chi connectivity index (χ0n) is 16.8. The van der Waals surface area contributed by atoms with Gasteiger partial charge in [-0.1, -0.05) is 38.0 Å². The Morgan fingerprint density at radius 1 is 1.14 bits per heavy atom. The number of carbonyl (C=O) groups is 1. The lowest BCUT2D eigenvalue weighted by atomic mass is 10.1. The zero-order valence-corrected chi connectivity index (χ0v) is 17.6. The third-order valence-corrected chi connectivity index (χ3v) is 6.28. The third kappa shape index (κ3) is 4.90. The fourth-order valence-corrected chi connectivity index (χ4v) is 4.51. The number of nitrogens with zero attached hydrogens (tertiary/aromatic N) is 1. The first-order valence-corrected chi connectivity index (χ1v) is 11.0. The van der Waals surface area contributed by atoms with Crippen molar-refractivity contribution in [1.29, 1.82) is 0 Å². The number of rotatable bonds is 9. The quantitative estimate of drug-likeness (QED) is 0.433. The molecule has 0 spiro atoms. The van der Waals surface area contributed by atoms with Crippen molar-refractivity contribution in [3.8, 4) is 0 Å². The molecule has 0 N–H and O–H groups in total. The van der Waals surface area contributed by atoms with E-state index in [4.69, 9.17) is 9.15 Å². The molecule has 6 nitrogen and oxygen atoms in total. The Balaban J connectivity index is 2.59. The second kappa shape index (κ2) is 9.68. The molecule has 7 heteroatoms. The predicted octanol–water partition coefficient (Wildman–Crippen LogP) is 4.94. The van der Waals surface area contributed by atoms with E-state index in [1.165, 1.54) is 12.1 Å². The maximum atomic E-state index is 13.3. The minimum atomic E-state index is -3.86. The number of unbranched alkanes of at least 4 members (excludes halogenated alkanes) is 2. The van der Waals surface area contributed by atoms with Crippen molar-refractivity contribution in [2.24, 2.45) is 0 Å². The predicted molar refractivity (Wildman–Crippen MR) is 108 cm³/mol. The van der Waals surface area contributed by atoms with Gasteiger partial charge < -0.3 is 9.15 Å². The fourth-order valence-electron chi connectivity index (χ4n) is 2.88. The molecule has 152 valence electrons. The highest BCUT2D eigenvalue weighted by Gasteiger charge is 2.30. The Kier molecular flexibility index (Phi) is 7.57. The van der Waals surface area contributed by atoms with Crippen LogP contribution in [0.5, 0.6) is 0 Å². The number of allylic oxidation sites excluding steroid dienone is 1. The summed E-state index contributed by atoms with van der Waals surface area (Å²) >= 11 is 0. The van der Waals surface area contributed by atoms with Crippen LogP contribution >= 0.6 is 0 Å². The number of oxazole rings is 1. The van der Waals surface area contributed by atoms with E-state index >= 15 is 0 Å². The van der Waals surface area contributed by atoms with Gasteiger partial charge in [-0.3, -0.25) is 0 Å². The van der Waals surface area contributed by atoms with Crippen LogP contribution in [0.1, 0.15) is 68.6 Å². The van der Waals surface area contributed by atoms with E-state index in [2.05, 4.69) is 11.9 Å². The first kappa shape index (κ1) is 21.9. The molecule has 1 aromatic carbocycles. The molecule has 0 saturated heterocycles. The second-order valence-electron chi connectivity index (χ2n) is 6.53. The molecule has 0 amide bonds. The molecule has 2 aromatic rings. The molecule has 0 bridgehead atoms. The summed E-state index contributed by atoms with van der Waals surface area (Å²) in [6.45, 7) is 7.32. The summed E-state index contributed by atoms with van der Waals surface area (Å²) in [4.78, 5) is 16.5. The van der Waals surface area contributed by atoms with Crippen LogP contribution in [0.3, 0.4) is 0 Å². The van der Waals surface area contributed by atoms with Crippen LogP contribution in [0.25, 0.3) is 4.91 Å². The molecule has 0 fully saturated rings. The number of aromatic nitrogens is 1. The Hall–Kier alpha value is -2.41. The molecule has 28 heavy (non-hydrogen) atoms. The van der Waals surface area contributed by atoms with Crippen molar-refractivity contribution in [3.05, 3.63) is 53.2 Å². The van der Waals surface area contributed by atoms with Crippen molar-refractivity contribution in [2.45, 2.75) is 58.3 Å². The lowest BCUT2D eigenvalue weighted by Gasteiger charge is -2.11. The van der Waals surface area contributed by atoms with Gasteiger partial charge in [0.2, 0.25) is 15.7 Å². The molecule has 0 aliphatic carbocycles.